The third-order valence-electron chi connectivity index (χ3n) is 2.73. The Morgan fingerprint density at radius 2 is 2.08 bits per heavy atom. The van der Waals surface area contributed by atoms with Gasteiger partial charge < -0.3 is 10.4 Å². The van der Waals surface area contributed by atoms with Crippen LogP contribution in [0.5, 0.6) is 0 Å². The number of nitrogens with one attached hydrogen (secondary N) is 1. The molecule has 1 aliphatic rings. The highest BCUT2D eigenvalue weighted by Crippen LogP contribution is 2.11. The van der Waals surface area contributed by atoms with E-state index in [-0.39, 0.29) is 6.10 Å². The fraction of sp³-hybridized carbons (Fsp3) is 1.00. The van der Waals surface area contributed by atoms with Crippen LogP contribution in [0.1, 0.15) is 26.7 Å². The summed E-state index contributed by atoms with van der Waals surface area (Å²) in [5, 5.41) is 12.7. The number of rotatable bonds is 4. The van der Waals surface area contributed by atoms with Crippen molar-refractivity contribution in [1.82, 2.24) is 10.2 Å². The van der Waals surface area contributed by atoms with Crippen molar-refractivity contribution in [3.63, 3.8) is 0 Å². The minimum Gasteiger partial charge on any atom is -0.392 e. The number of likely N-dealkylation sites (N-methyl/N-ethyl adjacent to an activating group) is 1. The molecule has 78 valence electrons. The predicted octanol–water partition coefficient (Wildman–Crippen LogP) is 0.441. The normalized spacial score (nSPS) is 22.2. The van der Waals surface area contributed by atoms with Gasteiger partial charge in [0.15, 0.2) is 0 Å². The number of piperidine rings is 1. The van der Waals surface area contributed by atoms with E-state index < -0.39 is 0 Å². The molecule has 3 nitrogen and oxygen atoms in total. The lowest BCUT2D eigenvalue weighted by Gasteiger charge is -2.34. The molecule has 0 spiro atoms. The summed E-state index contributed by atoms with van der Waals surface area (Å²) in [6, 6.07) is 0.681. The largest absolute Gasteiger partial charge is 0.392 e. The summed E-state index contributed by atoms with van der Waals surface area (Å²) in [7, 11) is 0. The molecule has 0 aromatic heterocycles. The van der Waals surface area contributed by atoms with Gasteiger partial charge in [-0.1, -0.05) is 6.92 Å². The number of hydrogen-bond acceptors (Lipinski definition) is 3. The van der Waals surface area contributed by atoms with Crippen LogP contribution in [0, 0.1) is 0 Å². The van der Waals surface area contributed by atoms with Gasteiger partial charge in [-0.2, -0.15) is 0 Å². The zero-order valence-electron chi connectivity index (χ0n) is 8.79. The van der Waals surface area contributed by atoms with Crippen LogP contribution in [0.15, 0.2) is 0 Å². The van der Waals surface area contributed by atoms with Crippen molar-refractivity contribution in [3.8, 4) is 0 Å². The van der Waals surface area contributed by atoms with Gasteiger partial charge in [-0.05, 0) is 39.4 Å². The molecule has 0 radical (unpaired) electrons. The number of aliphatic hydroxyl groups excluding tert-OH is 1. The molecule has 0 aromatic rings. The number of aliphatic hydroxyl groups is 1. The Kier molecular flexibility index (Phi) is 4.70. The van der Waals surface area contributed by atoms with Gasteiger partial charge in [-0.3, -0.25) is 4.90 Å². The molecule has 1 aliphatic heterocycles. The van der Waals surface area contributed by atoms with Crippen LogP contribution in [0.2, 0.25) is 0 Å². The summed E-state index contributed by atoms with van der Waals surface area (Å²) in [5.74, 6) is 0. The smallest absolute Gasteiger partial charge is 0.0639 e. The lowest BCUT2D eigenvalue weighted by atomic mass is 10.0. The van der Waals surface area contributed by atoms with Crippen LogP contribution in [0.3, 0.4) is 0 Å². The Morgan fingerprint density at radius 1 is 1.46 bits per heavy atom. The molecule has 1 heterocycles. The quantitative estimate of drug-likeness (QED) is 0.669. The molecule has 1 rings (SSSR count). The maximum absolute atomic E-state index is 9.33. The van der Waals surface area contributed by atoms with Gasteiger partial charge in [0, 0.05) is 12.6 Å². The van der Waals surface area contributed by atoms with Gasteiger partial charge in [0.1, 0.15) is 0 Å². The van der Waals surface area contributed by atoms with Crippen LogP contribution in [-0.2, 0) is 0 Å². The minimum atomic E-state index is -0.199. The molecule has 2 N–H and O–H groups in total. The average Bonchev–Trinajstić information content (AvgIpc) is 2.15. The first-order valence-electron chi connectivity index (χ1n) is 5.37. The molecule has 13 heavy (non-hydrogen) atoms. The van der Waals surface area contributed by atoms with Crippen LogP contribution < -0.4 is 5.32 Å². The number of hydrogen-bond donors (Lipinski definition) is 2. The summed E-state index contributed by atoms with van der Waals surface area (Å²) < 4.78 is 0. The second-order valence-corrected chi connectivity index (χ2v) is 3.92. The van der Waals surface area contributed by atoms with Gasteiger partial charge in [-0.15, -0.1) is 0 Å². The third-order valence-corrected chi connectivity index (χ3v) is 2.73. The fourth-order valence-electron chi connectivity index (χ4n) is 2.05. The SMILES string of the molecule is CCN(C[C@H](C)O)C1CCNCC1. The first kappa shape index (κ1) is 11.0. The highest BCUT2D eigenvalue weighted by molar-refractivity contribution is 4.77. The highest BCUT2D eigenvalue weighted by Gasteiger charge is 2.20. The Balaban J connectivity index is 2.34. The molecule has 1 saturated heterocycles. The molecule has 0 unspecified atom stereocenters. The average molecular weight is 186 g/mol. The molecular weight excluding hydrogens is 164 g/mol. The van der Waals surface area contributed by atoms with Crippen LogP contribution in [0.25, 0.3) is 0 Å². The zero-order chi connectivity index (χ0) is 9.68. The third kappa shape index (κ3) is 3.63. The second kappa shape index (κ2) is 5.58. The molecule has 0 aromatic carbocycles. The Labute approximate surface area is 81.1 Å². The van der Waals surface area contributed by atoms with E-state index in [2.05, 4.69) is 17.1 Å². The maximum Gasteiger partial charge on any atom is 0.0639 e. The maximum atomic E-state index is 9.33. The summed E-state index contributed by atoms with van der Waals surface area (Å²) >= 11 is 0. The second-order valence-electron chi connectivity index (χ2n) is 3.92. The van der Waals surface area contributed by atoms with Gasteiger partial charge in [-0.25, -0.2) is 0 Å². The molecule has 0 saturated carbocycles. The molecule has 0 aliphatic carbocycles. The Morgan fingerprint density at radius 3 is 2.54 bits per heavy atom. The molecule has 0 bridgehead atoms. The monoisotopic (exact) mass is 186 g/mol. The first-order chi connectivity index (χ1) is 6.24. The van der Waals surface area contributed by atoms with Crippen molar-refractivity contribution < 1.29 is 5.11 Å². The molecule has 3 heteroatoms. The topological polar surface area (TPSA) is 35.5 Å². The van der Waals surface area contributed by atoms with Crippen LogP contribution >= 0.6 is 0 Å². The summed E-state index contributed by atoms with van der Waals surface area (Å²) in [6.07, 6.45) is 2.25. The Hall–Kier alpha value is -0.120. The minimum absolute atomic E-state index is 0.199. The van der Waals surface area contributed by atoms with E-state index in [1.165, 1.54) is 12.8 Å². The lowest BCUT2D eigenvalue weighted by molar-refractivity contribution is 0.0894. The Bertz CT molecular complexity index is 133. The van der Waals surface area contributed by atoms with Gasteiger partial charge >= 0.3 is 0 Å². The van der Waals surface area contributed by atoms with E-state index in [1.807, 2.05) is 6.92 Å². The molecule has 1 fully saturated rings. The summed E-state index contributed by atoms with van der Waals surface area (Å²) in [5.41, 5.74) is 0. The van der Waals surface area contributed by atoms with Crippen molar-refractivity contribution in [2.45, 2.75) is 38.8 Å². The van der Waals surface area contributed by atoms with Crippen molar-refractivity contribution >= 4 is 0 Å². The van der Waals surface area contributed by atoms with Crippen LogP contribution in [0.4, 0.5) is 0 Å². The van der Waals surface area contributed by atoms with Crippen LogP contribution in [-0.4, -0.2) is 48.3 Å². The lowest BCUT2D eigenvalue weighted by Crippen LogP contribution is -2.45. The van der Waals surface area contributed by atoms with Crippen molar-refractivity contribution in [3.05, 3.63) is 0 Å². The predicted molar refractivity (Wildman–Crippen MR) is 54.8 cm³/mol. The summed E-state index contributed by atoms with van der Waals surface area (Å²) in [6.45, 7) is 8.16. The molecule has 0 amide bonds. The highest BCUT2D eigenvalue weighted by atomic mass is 16.3. The van der Waals surface area contributed by atoms with E-state index in [1.54, 1.807) is 0 Å². The molecular formula is C10H22N2O. The van der Waals surface area contributed by atoms with Gasteiger partial charge in [0.2, 0.25) is 0 Å². The molecule has 1 atom stereocenters. The zero-order valence-corrected chi connectivity index (χ0v) is 8.79. The van der Waals surface area contributed by atoms with Crippen molar-refractivity contribution in [2.75, 3.05) is 26.2 Å². The number of nitrogens with zero attached hydrogens (tertiary/aromatic N) is 1. The van der Waals surface area contributed by atoms with E-state index in [4.69, 9.17) is 0 Å². The van der Waals surface area contributed by atoms with Gasteiger partial charge in [0.25, 0.3) is 0 Å². The van der Waals surface area contributed by atoms with E-state index in [0.29, 0.717) is 6.04 Å². The van der Waals surface area contributed by atoms with Gasteiger partial charge in [0.05, 0.1) is 6.10 Å². The standard InChI is InChI=1S/C10H22N2O/c1-3-12(8-9(2)13)10-4-6-11-7-5-10/h9-11,13H,3-8H2,1-2H3/t9-/m0/s1. The van der Waals surface area contributed by atoms with E-state index in [9.17, 15) is 5.11 Å². The van der Waals surface area contributed by atoms with E-state index in [0.717, 1.165) is 26.2 Å². The fourth-order valence-corrected chi connectivity index (χ4v) is 2.05. The summed E-state index contributed by atoms with van der Waals surface area (Å²) in [4.78, 5) is 2.39. The first-order valence-corrected chi connectivity index (χ1v) is 5.37. The van der Waals surface area contributed by atoms with Crippen molar-refractivity contribution in [1.29, 1.82) is 0 Å². The van der Waals surface area contributed by atoms with Crippen molar-refractivity contribution in [2.24, 2.45) is 0 Å². The van der Waals surface area contributed by atoms with E-state index >= 15 is 0 Å².